The quantitative estimate of drug-likeness (QED) is 0.889. The van der Waals surface area contributed by atoms with Crippen molar-refractivity contribution in [1.82, 2.24) is 15.3 Å². The van der Waals surface area contributed by atoms with Crippen LogP contribution in [-0.4, -0.2) is 35.0 Å². The van der Waals surface area contributed by atoms with Crippen LogP contribution in [-0.2, 0) is 4.79 Å². The monoisotopic (exact) mass is 260 g/mol. The highest BCUT2D eigenvalue weighted by Crippen LogP contribution is 2.23. The number of aromatic nitrogens is 2. The average Bonchev–Trinajstić information content (AvgIpc) is 3.24. The number of rotatable bonds is 3. The van der Waals surface area contributed by atoms with Crippen molar-refractivity contribution >= 4 is 11.9 Å². The molecule has 1 aliphatic heterocycles. The molecule has 5 nitrogen and oxygen atoms in total. The van der Waals surface area contributed by atoms with Crippen LogP contribution in [0.15, 0.2) is 12.4 Å². The molecule has 1 aromatic rings. The van der Waals surface area contributed by atoms with E-state index < -0.39 is 0 Å². The lowest BCUT2D eigenvalue weighted by Crippen LogP contribution is -2.44. The Morgan fingerprint density at radius 3 is 2.74 bits per heavy atom. The summed E-state index contributed by atoms with van der Waals surface area (Å²) in [5.41, 5.74) is 1.06. The van der Waals surface area contributed by atoms with Crippen molar-refractivity contribution < 1.29 is 4.79 Å². The van der Waals surface area contributed by atoms with Crippen molar-refractivity contribution in [2.45, 2.75) is 38.6 Å². The summed E-state index contributed by atoms with van der Waals surface area (Å²) in [7, 11) is 0. The van der Waals surface area contributed by atoms with Gasteiger partial charge in [0, 0.05) is 31.5 Å². The zero-order valence-corrected chi connectivity index (χ0v) is 11.3. The Balaban J connectivity index is 1.63. The molecule has 2 aliphatic rings. The molecule has 1 saturated heterocycles. The molecule has 1 atom stereocenters. The lowest BCUT2D eigenvalue weighted by molar-refractivity contribution is -0.125. The topological polar surface area (TPSA) is 58.1 Å². The summed E-state index contributed by atoms with van der Waals surface area (Å²) in [6, 6.07) is 0.443. The Hall–Kier alpha value is -1.65. The number of piperidine rings is 1. The van der Waals surface area contributed by atoms with Crippen molar-refractivity contribution in [1.29, 1.82) is 0 Å². The summed E-state index contributed by atoms with van der Waals surface area (Å²) in [4.78, 5) is 22.9. The Morgan fingerprint density at radius 2 is 2.05 bits per heavy atom. The van der Waals surface area contributed by atoms with E-state index in [0.717, 1.165) is 50.3 Å². The first-order valence-corrected chi connectivity index (χ1v) is 7.06. The van der Waals surface area contributed by atoms with Crippen LogP contribution in [0.25, 0.3) is 0 Å². The van der Waals surface area contributed by atoms with E-state index >= 15 is 0 Å². The highest BCUT2D eigenvalue weighted by molar-refractivity contribution is 5.80. The number of hydrogen-bond acceptors (Lipinski definition) is 4. The second-order valence-corrected chi connectivity index (χ2v) is 5.63. The molecular formula is C14H20N4O. The highest BCUT2D eigenvalue weighted by atomic mass is 16.2. The zero-order valence-electron chi connectivity index (χ0n) is 11.3. The smallest absolute Gasteiger partial charge is 0.225 e. The molecule has 1 unspecified atom stereocenters. The Bertz CT molecular complexity index is 455. The van der Waals surface area contributed by atoms with Crippen LogP contribution in [0.1, 0.15) is 31.2 Å². The van der Waals surface area contributed by atoms with Gasteiger partial charge in [0.1, 0.15) is 0 Å². The van der Waals surface area contributed by atoms with E-state index in [-0.39, 0.29) is 11.8 Å². The van der Waals surface area contributed by atoms with Gasteiger partial charge in [-0.25, -0.2) is 9.97 Å². The second kappa shape index (κ2) is 5.15. The molecule has 1 amide bonds. The largest absolute Gasteiger partial charge is 0.353 e. The van der Waals surface area contributed by atoms with Crippen molar-refractivity contribution in [2.24, 2.45) is 5.92 Å². The summed E-state index contributed by atoms with van der Waals surface area (Å²) < 4.78 is 0. The molecular weight excluding hydrogens is 240 g/mol. The van der Waals surface area contributed by atoms with Crippen LogP contribution in [0.3, 0.4) is 0 Å². The van der Waals surface area contributed by atoms with Gasteiger partial charge in [-0.1, -0.05) is 0 Å². The predicted molar refractivity (Wildman–Crippen MR) is 72.9 cm³/mol. The summed E-state index contributed by atoms with van der Waals surface area (Å²) in [6.07, 6.45) is 7.94. The van der Waals surface area contributed by atoms with Crippen molar-refractivity contribution in [2.75, 3.05) is 18.0 Å². The van der Waals surface area contributed by atoms with Crippen LogP contribution in [0.5, 0.6) is 0 Å². The van der Waals surface area contributed by atoms with Crippen LogP contribution in [0.2, 0.25) is 0 Å². The number of amides is 1. The van der Waals surface area contributed by atoms with E-state index in [4.69, 9.17) is 0 Å². The molecule has 2 fully saturated rings. The Labute approximate surface area is 113 Å². The first-order valence-electron chi connectivity index (χ1n) is 7.06. The Kier molecular flexibility index (Phi) is 3.36. The van der Waals surface area contributed by atoms with Gasteiger partial charge < -0.3 is 10.2 Å². The average molecular weight is 260 g/mol. The van der Waals surface area contributed by atoms with Crippen LogP contribution in [0.4, 0.5) is 5.95 Å². The van der Waals surface area contributed by atoms with E-state index in [2.05, 4.69) is 20.2 Å². The highest BCUT2D eigenvalue weighted by Gasteiger charge is 2.31. The molecule has 0 bridgehead atoms. The molecule has 1 aliphatic carbocycles. The fraction of sp³-hybridized carbons (Fsp3) is 0.643. The van der Waals surface area contributed by atoms with Gasteiger partial charge in [-0.3, -0.25) is 4.79 Å². The van der Waals surface area contributed by atoms with E-state index in [1.54, 1.807) is 0 Å². The lowest BCUT2D eigenvalue weighted by atomic mass is 9.97. The zero-order chi connectivity index (χ0) is 13.2. The predicted octanol–water partition coefficient (Wildman–Crippen LogP) is 1.28. The van der Waals surface area contributed by atoms with E-state index in [1.165, 1.54) is 0 Å². The summed E-state index contributed by atoms with van der Waals surface area (Å²) in [5, 5.41) is 3.10. The molecule has 1 aromatic heterocycles. The molecule has 5 heteroatoms. The normalized spacial score (nSPS) is 23.2. The number of carbonyl (C=O) groups excluding carboxylic acids is 1. The molecule has 0 spiro atoms. The molecule has 0 aromatic carbocycles. The maximum Gasteiger partial charge on any atom is 0.225 e. The number of anilines is 1. The molecule has 1 N–H and O–H groups in total. The molecule has 102 valence electrons. The first kappa shape index (κ1) is 12.4. The minimum absolute atomic E-state index is 0.0826. The van der Waals surface area contributed by atoms with E-state index in [1.807, 2.05) is 19.3 Å². The Morgan fingerprint density at radius 1 is 1.32 bits per heavy atom. The van der Waals surface area contributed by atoms with Gasteiger partial charge in [0.15, 0.2) is 0 Å². The molecule has 1 saturated carbocycles. The molecule has 3 rings (SSSR count). The number of carbonyl (C=O) groups is 1. The van der Waals surface area contributed by atoms with Crippen molar-refractivity contribution in [3.05, 3.63) is 18.0 Å². The maximum absolute atomic E-state index is 12.1. The molecule has 2 heterocycles. The molecule has 0 radical (unpaired) electrons. The second-order valence-electron chi connectivity index (χ2n) is 5.63. The van der Waals surface area contributed by atoms with Gasteiger partial charge in [-0.15, -0.1) is 0 Å². The van der Waals surface area contributed by atoms with Gasteiger partial charge in [0.25, 0.3) is 0 Å². The van der Waals surface area contributed by atoms with Gasteiger partial charge in [0.2, 0.25) is 11.9 Å². The van der Waals surface area contributed by atoms with Crippen LogP contribution < -0.4 is 10.2 Å². The van der Waals surface area contributed by atoms with Crippen LogP contribution in [0, 0.1) is 12.8 Å². The number of aryl methyl sites for hydroxylation is 1. The van der Waals surface area contributed by atoms with Gasteiger partial charge in [-0.2, -0.15) is 0 Å². The summed E-state index contributed by atoms with van der Waals surface area (Å²) in [5.74, 6) is 1.04. The third-order valence-electron chi connectivity index (χ3n) is 3.77. The number of nitrogens with one attached hydrogen (secondary N) is 1. The minimum Gasteiger partial charge on any atom is -0.353 e. The van der Waals surface area contributed by atoms with E-state index in [9.17, 15) is 4.79 Å². The van der Waals surface area contributed by atoms with Gasteiger partial charge in [-0.05, 0) is 38.2 Å². The maximum atomic E-state index is 12.1. The number of nitrogens with zero attached hydrogens (tertiary/aromatic N) is 3. The van der Waals surface area contributed by atoms with Crippen molar-refractivity contribution in [3.63, 3.8) is 0 Å². The first-order chi connectivity index (χ1) is 9.22. The fourth-order valence-corrected chi connectivity index (χ4v) is 2.47. The summed E-state index contributed by atoms with van der Waals surface area (Å²) in [6.45, 7) is 3.66. The fourth-order valence-electron chi connectivity index (χ4n) is 2.47. The van der Waals surface area contributed by atoms with Crippen molar-refractivity contribution in [3.8, 4) is 0 Å². The third kappa shape index (κ3) is 3.03. The van der Waals surface area contributed by atoms with Crippen LogP contribution >= 0.6 is 0 Å². The van der Waals surface area contributed by atoms with Gasteiger partial charge >= 0.3 is 0 Å². The summed E-state index contributed by atoms with van der Waals surface area (Å²) >= 11 is 0. The van der Waals surface area contributed by atoms with E-state index in [0.29, 0.717) is 6.04 Å². The van der Waals surface area contributed by atoms with Gasteiger partial charge in [0.05, 0.1) is 5.92 Å². The standard InChI is InChI=1S/C14H20N4O/c1-10-7-15-14(16-8-10)18-6-2-3-11(9-18)13(19)17-12-4-5-12/h7-8,11-12H,2-6,9H2,1H3,(H,17,19). The number of hydrogen-bond donors (Lipinski definition) is 1. The minimum atomic E-state index is 0.0826. The SMILES string of the molecule is Cc1cnc(N2CCCC(C(=O)NC3CC3)C2)nc1. The third-order valence-corrected chi connectivity index (χ3v) is 3.77. The lowest BCUT2D eigenvalue weighted by Gasteiger charge is -2.32. The molecule has 19 heavy (non-hydrogen) atoms.